The first kappa shape index (κ1) is 33.0. The molecule has 0 heterocycles. The molecule has 1 saturated carbocycles. The minimum absolute atomic E-state index is 0.133. The molecule has 0 radical (unpaired) electrons. The van der Waals surface area contributed by atoms with E-state index in [4.69, 9.17) is 25.2 Å². The lowest BCUT2D eigenvalue weighted by Crippen LogP contribution is -2.42. The van der Waals surface area contributed by atoms with Crippen LogP contribution in [0.1, 0.15) is 88.1 Å². The van der Waals surface area contributed by atoms with Gasteiger partial charge in [0.1, 0.15) is 12.4 Å². The highest BCUT2D eigenvalue weighted by Crippen LogP contribution is 2.30. The molecular weight excluding hydrogens is 494 g/mol. The molecule has 0 amide bonds. The van der Waals surface area contributed by atoms with E-state index in [2.05, 4.69) is 24.8 Å². The number of aryl methyl sites for hydroxylation is 1. The minimum atomic E-state index is -2.74. The number of carboxylic acids is 3. The number of nitrogens with zero attached hydrogens (tertiary/aromatic N) is 1. The highest BCUT2D eigenvalue weighted by atomic mass is 16.5. The maximum absolute atomic E-state index is 11.7. The summed E-state index contributed by atoms with van der Waals surface area (Å²) in [5, 5.41) is 33.8. The summed E-state index contributed by atoms with van der Waals surface area (Å²) in [7, 11) is 0. The van der Waals surface area contributed by atoms with Crippen LogP contribution in [0.5, 0.6) is 5.75 Å². The highest BCUT2D eigenvalue weighted by molar-refractivity contribution is 5.94. The molecule has 1 fully saturated rings. The monoisotopic (exact) mass is 537 g/mol. The molecule has 0 unspecified atom stereocenters. The molecule has 0 bridgehead atoms. The average molecular weight is 538 g/mol. The molecule has 1 aliphatic rings. The molecule has 0 aliphatic heterocycles. The summed E-state index contributed by atoms with van der Waals surface area (Å²) in [6, 6.07) is 5.95. The van der Waals surface area contributed by atoms with Crippen LogP contribution >= 0.6 is 0 Å². The van der Waals surface area contributed by atoms with Crippen LogP contribution in [0.3, 0.4) is 0 Å². The van der Waals surface area contributed by atoms with E-state index in [1.54, 1.807) is 6.92 Å². The van der Waals surface area contributed by atoms with E-state index in [9.17, 15) is 19.2 Å². The predicted molar refractivity (Wildman–Crippen MR) is 142 cm³/mol. The zero-order chi connectivity index (χ0) is 28.7. The molecule has 0 saturated heterocycles. The quantitative estimate of drug-likeness (QED) is 0.242. The number of ketones is 1. The largest absolute Gasteiger partial charge is 0.492 e. The zero-order valence-electron chi connectivity index (χ0n) is 22.8. The number of hydrogen-bond acceptors (Lipinski definition) is 7. The predicted octanol–water partition coefficient (Wildman–Crippen LogP) is 3.87. The lowest BCUT2D eigenvalue weighted by molar-refractivity contribution is -0.170. The fourth-order valence-electron chi connectivity index (χ4n) is 4.51. The molecule has 10 heteroatoms. The Labute approximate surface area is 224 Å². The Bertz CT molecular complexity index is 905. The second-order valence-corrected chi connectivity index (χ2v) is 9.77. The number of aliphatic carboxylic acids is 3. The van der Waals surface area contributed by atoms with Gasteiger partial charge in [0.15, 0.2) is 11.4 Å². The van der Waals surface area contributed by atoms with Crippen LogP contribution in [-0.4, -0.2) is 80.9 Å². The van der Waals surface area contributed by atoms with Crippen LogP contribution in [0.4, 0.5) is 0 Å². The summed E-state index contributed by atoms with van der Waals surface area (Å²) in [6.07, 6.45) is 6.84. The Morgan fingerprint density at radius 3 is 2.03 bits per heavy atom. The molecule has 0 spiro atoms. The van der Waals surface area contributed by atoms with Crippen LogP contribution in [0.2, 0.25) is 0 Å². The number of hydrogen-bond donors (Lipinski definition) is 4. The minimum Gasteiger partial charge on any atom is -0.492 e. The summed E-state index contributed by atoms with van der Waals surface area (Å²) in [6.45, 7) is 9.76. The van der Waals surface area contributed by atoms with Gasteiger partial charge in [-0.2, -0.15) is 0 Å². The van der Waals surface area contributed by atoms with Crippen LogP contribution in [0.25, 0.3) is 0 Å². The maximum Gasteiger partial charge on any atom is 0.336 e. The van der Waals surface area contributed by atoms with Crippen molar-refractivity contribution in [1.82, 2.24) is 4.90 Å². The second kappa shape index (κ2) is 16.8. The number of ether oxygens (including phenoxy) is 1. The van der Waals surface area contributed by atoms with Crippen LogP contribution in [-0.2, 0) is 20.8 Å². The van der Waals surface area contributed by atoms with Gasteiger partial charge < -0.3 is 30.1 Å². The Morgan fingerprint density at radius 1 is 0.974 bits per heavy atom. The van der Waals surface area contributed by atoms with E-state index in [-0.39, 0.29) is 5.78 Å². The molecule has 214 valence electrons. The molecular formula is C28H43NO9. The third-order valence-corrected chi connectivity index (χ3v) is 6.86. The van der Waals surface area contributed by atoms with Crippen molar-refractivity contribution in [3.05, 3.63) is 29.3 Å². The topological polar surface area (TPSA) is 162 Å². The van der Waals surface area contributed by atoms with E-state index >= 15 is 0 Å². The Morgan fingerprint density at radius 2 is 1.55 bits per heavy atom. The summed E-state index contributed by atoms with van der Waals surface area (Å²) < 4.78 is 6.09. The highest BCUT2D eigenvalue weighted by Gasteiger charge is 2.40. The van der Waals surface area contributed by atoms with Gasteiger partial charge in [0.25, 0.3) is 0 Å². The van der Waals surface area contributed by atoms with E-state index in [1.807, 2.05) is 12.1 Å². The normalized spacial score (nSPS) is 13.9. The number of aliphatic hydroxyl groups is 1. The summed E-state index contributed by atoms with van der Waals surface area (Å²) in [5.41, 5.74) is -0.731. The molecule has 1 aromatic rings. The molecule has 38 heavy (non-hydrogen) atoms. The maximum atomic E-state index is 11.7. The van der Waals surface area contributed by atoms with Crippen molar-refractivity contribution in [2.45, 2.75) is 84.2 Å². The van der Waals surface area contributed by atoms with E-state index < -0.39 is 36.4 Å². The van der Waals surface area contributed by atoms with E-state index in [0.717, 1.165) is 43.3 Å². The van der Waals surface area contributed by atoms with Gasteiger partial charge in [-0.15, -0.1) is 0 Å². The molecule has 0 atom stereocenters. The Balaban J connectivity index is 0.000000471. The SMILES string of the molecule is CCN(CC)CCOc1ccc(C(C)=O)cc1CCC1CCCCC1.O=C(O)CC(O)(CC(=O)O)C(=O)O. The van der Waals surface area contributed by atoms with Crippen molar-refractivity contribution in [1.29, 1.82) is 0 Å². The van der Waals surface area contributed by atoms with Gasteiger partial charge >= 0.3 is 17.9 Å². The van der Waals surface area contributed by atoms with Crippen molar-refractivity contribution < 1.29 is 44.3 Å². The van der Waals surface area contributed by atoms with Crippen LogP contribution in [0.15, 0.2) is 18.2 Å². The van der Waals surface area contributed by atoms with Crippen molar-refractivity contribution >= 4 is 23.7 Å². The third-order valence-electron chi connectivity index (χ3n) is 6.86. The number of carboxylic acid groups (broad SMARTS) is 3. The number of carbonyl (C=O) groups excluding carboxylic acids is 1. The first-order valence-corrected chi connectivity index (χ1v) is 13.3. The summed E-state index contributed by atoms with van der Waals surface area (Å²) in [4.78, 5) is 44.6. The van der Waals surface area contributed by atoms with Crippen LogP contribution < -0.4 is 4.74 Å². The number of likely N-dealkylation sites (N-methyl/N-ethyl adjacent to an activating group) is 1. The lowest BCUT2D eigenvalue weighted by atomic mass is 9.85. The van der Waals surface area contributed by atoms with Gasteiger partial charge in [-0.3, -0.25) is 14.4 Å². The third kappa shape index (κ3) is 12.0. The van der Waals surface area contributed by atoms with Gasteiger partial charge in [-0.1, -0.05) is 46.0 Å². The van der Waals surface area contributed by atoms with Crippen molar-refractivity contribution in [2.24, 2.45) is 5.92 Å². The molecule has 1 aromatic carbocycles. The number of rotatable bonds is 15. The molecule has 0 aromatic heterocycles. The fraction of sp³-hybridized carbons (Fsp3) is 0.643. The first-order valence-electron chi connectivity index (χ1n) is 13.3. The Kier molecular flexibility index (Phi) is 14.6. The summed E-state index contributed by atoms with van der Waals surface area (Å²) in [5.74, 6) is -3.07. The van der Waals surface area contributed by atoms with Gasteiger partial charge in [0.05, 0.1) is 12.8 Å². The van der Waals surface area contributed by atoms with Crippen LogP contribution in [0, 0.1) is 5.92 Å². The van der Waals surface area contributed by atoms with E-state index in [1.165, 1.54) is 44.1 Å². The molecule has 2 rings (SSSR count). The van der Waals surface area contributed by atoms with Gasteiger partial charge in [0, 0.05) is 12.1 Å². The smallest absolute Gasteiger partial charge is 0.336 e. The van der Waals surface area contributed by atoms with Crippen molar-refractivity contribution in [2.75, 3.05) is 26.2 Å². The molecule has 1 aliphatic carbocycles. The van der Waals surface area contributed by atoms with Gasteiger partial charge in [-0.25, -0.2) is 4.79 Å². The average Bonchev–Trinajstić information content (AvgIpc) is 2.85. The Hall–Kier alpha value is -2.98. The van der Waals surface area contributed by atoms with Gasteiger partial charge in [-0.05, 0) is 62.5 Å². The van der Waals surface area contributed by atoms with Crippen molar-refractivity contribution in [3.8, 4) is 5.75 Å². The molecule has 10 nitrogen and oxygen atoms in total. The summed E-state index contributed by atoms with van der Waals surface area (Å²) >= 11 is 0. The molecule has 4 N–H and O–H groups in total. The standard InChI is InChI=1S/C22H35NO2.C6H8O7/c1-4-23(5-2)15-16-25-22-14-13-20(18(3)24)17-21(22)12-11-19-9-7-6-8-10-19;7-3(8)1-6(13,5(11)12)2-4(9)10/h13-14,17,19H,4-12,15-16H2,1-3H3;13H,1-2H2,(H,7,8)(H,9,10)(H,11,12). The van der Waals surface area contributed by atoms with Crippen molar-refractivity contribution in [3.63, 3.8) is 0 Å². The number of carbonyl (C=O) groups is 4. The van der Waals surface area contributed by atoms with E-state index in [0.29, 0.717) is 6.61 Å². The second-order valence-electron chi connectivity index (χ2n) is 9.77. The number of Topliss-reactive ketones (excluding diaryl/α,β-unsaturated/α-hetero) is 1. The lowest BCUT2D eigenvalue weighted by Gasteiger charge is -2.22. The first-order chi connectivity index (χ1) is 17.9. The zero-order valence-corrected chi connectivity index (χ0v) is 22.8. The van der Waals surface area contributed by atoms with Gasteiger partial charge in [0.2, 0.25) is 0 Å². The fourth-order valence-corrected chi connectivity index (χ4v) is 4.51. The number of benzene rings is 1.